The molecule has 0 heterocycles. The molecule has 2 amide bonds. The summed E-state index contributed by atoms with van der Waals surface area (Å²) in [7, 11) is 0. The van der Waals surface area contributed by atoms with Crippen LogP contribution in [0.3, 0.4) is 0 Å². The van der Waals surface area contributed by atoms with E-state index in [4.69, 9.17) is 28.9 Å². The molecule has 0 aliphatic heterocycles. The van der Waals surface area contributed by atoms with Crippen LogP contribution in [0.4, 0.5) is 5.69 Å². The van der Waals surface area contributed by atoms with E-state index in [0.717, 1.165) is 12.8 Å². The monoisotopic (exact) mass is 314 g/mol. The average Bonchev–Trinajstić information content (AvgIpc) is 2.37. The largest absolute Gasteiger partial charge is 0.369 e. The molecule has 0 unspecified atom stereocenters. The number of anilines is 1. The lowest BCUT2D eigenvalue weighted by atomic mass is 9.78. The molecule has 0 aromatic heterocycles. The molecule has 1 aliphatic carbocycles. The fraction of sp³-hybridized carbons (Fsp3) is 0.429. The molecule has 1 saturated carbocycles. The third-order valence-corrected chi connectivity index (χ3v) is 4.03. The number of carbonyl (C=O) groups is 2. The van der Waals surface area contributed by atoms with Gasteiger partial charge in [0.25, 0.3) is 0 Å². The summed E-state index contributed by atoms with van der Waals surface area (Å²) in [4.78, 5) is 23.7. The molecular formula is C14H16Cl2N2O2. The first-order valence-corrected chi connectivity index (χ1v) is 7.29. The zero-order valence-electron chi connectivity index (χ0n) is 10.9. The van der Waals surface area contributed by atoms with Crippen LogP contribution < -0.4 is 11.1 Å². The Kier molecular flexibility index (Phi) is 4.89. The smallest absolute Gasteiger partial charge is 0.228 e. The van der Waals surface area contributed by atoms with Crippen LogP contribution in [-0.2, 0) is 9.59 Å². The van der Waals surface area contributed by atoms with Gasteiger partial charge in [-0.3, -0.25) is 9.59 Å². The van der Waals surface area contributed by atoms with Gasteiger partial charge in [-0.05, 0) is 31.0 Å². The number of rotatable bonds is 3. The van der Waals surface area contributed by atoms with Gasteiger partial charge < -0.3 is 11.1 Å². The summed E-state index contributed by atoms with van der Waals surface area (Å²) < 4.78 is 0. The summed E-state index contributed by atoms with van der Waals surface area (Å²) in [5.74, 6) is -1.38. The van der Waals surface area contributed by atoms with Crippen molar-refractivity contribution in [1.29, 1.82) is 0 Å². The van der Waals surface area contributed by atoms with E-state index < -0.39 is 11.8 Å². The SMILES string of the molecule is NC(=O)[C@@H]1CCCC[C@@H]1C(=O)Nc1cc(Cl)cc(Cl)c1. The first-order chi connectivity index (χ1) is 9.47. The van der Waals surface area contributed by atoms with Gasteiger partial charge in [0.15, 0.2) is 0 Å². The van der Waals surface area contributed by atoms with Gasteiger partial charge in [-0.1, -0.05) is 36.0 Å². The molecule has 1 aromatic carbocycles. The Morgan fingerprint density at radius 2 is 1.60 bits per heavy atom. The average molecular weight is 315 g/mol. The highest BCUT2D eigenvalue weighted by molar-refractivity contribution is 6.35. The van der Waals surface area contributed by atoms with E-state index >= 15 is 0 Å². The Labute approximate surface area is 127 Å². The summed E-state index contributed by atoms with van der Waals surface area (Å²) in [6, 6.07) is 4.83. The van der Waals surface area contributed by atoms with Gasteiger partial charge >= 0.3 is 0 Å². The molecule has 1 aliphatic rings. The molecule has 0 saturated heterocycles. The molecule has 3 N–H and O–H groups in total. The summed E-state index contributed by atoms with van der Waals surface area (Å²) in [5.41, 5.74) is 5.90. The molecule has 20 heavy (non-hydrogen) atoms. The van der Waals surface area contributed by atoms with Gasteiger partial charge in [0, 0.05) is 27.6 Å². The fourth-order valence-electron chi connectivity index (χ4n) is 2.65. The molecule has 2 atom stereocenters. The molecule has 6 heteroatoms. The van der Waals surface area contributed by atoms with Crippen LogP contribution in [0, 0.1) is 11.8 Å². The number of hydrogen-bond donors (Lipinski definition) is 2. The Morgan fingerprint density at radius 1 is 1.05 bits per heavy atom. The highest BCUT2D eigenvalue weighted by Crippen LogP contribution is 2.31. The second-order valence-electron chi connectivity index (χ2n) is 5.05. The maximum atomic E-state index is 12.3. The summed E-state index contributed by atoms with van der Waals surface area (Å²) in [5, 5.41) is 3.66. The zero-order chi connectivity index (χ0) is 14.7. The molecular weight excluding hydrogens is 299 g/mol. The number of halogens is 2. The van der Waals surface area contributed by atoms with Gasteiger partial charge in [0.05, 0.1) is 0 Å². The van der Waals surface area contributed by atoms with Crippen molar-refractivity contribution in [1.82, 2.24) is 0 Å². The second-order valence-corrected chi connectivity index (χ2v) is 5.92. The van der Waals surface area contributed by atoms with E-state index in [0.29, 0.717) is 28.6 Å². The number of benzene rings is 1. The lowest BCUT2D eigenvalue weighted by Gasteiger charge is -2.28. The minimum absolute atomic E-state index is 0.202. The van der Waals surface area contributed by atoms with E-state index in [2.05, 4.69) is 5.32 Å². The van der Waals surface area contributed by atoms with E-state index in [1.807, 2.05) is 0 Å². The Bertz CT molecular complexity index is 514. The van der Waals surface area contributed by atoms with Crippen molar-refractivity contribution >= 4 is 40.7 Å². The van der Waals surface area contributed by atoms with Crippen molar-refractivity contribution in [2.45, 2.75) is 25.7 Å². The van der Waals surface area contributed by atoms with Crippen LogP contribution in [0.5, 0.6) is 0 Å². The number of carbonyl (C=O) groups excluding carboxylic acids is 2. The number of amides is 2. The van der Waals surface area contributed by atoms with E-state index in [1.54, 1.807) is 18.2 Å². The molecule has 2 rings (SSSR count). The third-order valence-electron chi connectivity index (χ3n) is 3.60. The van der Waals surface area contributed by atoms with Crippen LogP contribution in [-0.4, -0.2) is 11.8 Å². The Morgan fingerprint density at radius 3 is 2.15 bits per heavy atom. The van der Waals surface area contributed by atoms with E-state index in [1.165, 1.54) is 0 Å². The van der Waals surface area contributed by atoms with Crippen molar-refractivity contribution in [3.8, 4) is 0 Å². The first kappa shape index (κ1) is 15.1. The van der Waals surface area contributed by atoms with Crippen LogP contribution in [0.15, 0.2) is 18.2 Å². The van der Waals surface area contributed by atoms with Crippen LogP contribution in [0.2, 0.25) is 10.0 Å². The number of primary amides is 1. The fourth-order valence-corrected chi connectivity index (χ4v) is 3.17. The van der Waals surface area contributed by atoms with Gasteiger partial charge in [0.2, 0.25) is 11.8 Å². The van der Waals surface area contributed by atoms with Gasteiger partial charge in [-0.25, -0.2) is 0 Å². The lowest BCUT2D eigenvalue weighted by molar-refractivity contribution is -0.131. The zero-order valence-corrected chi connectivity index (χ0v) is 12.4. The summed E-state index contributed by atoms with van der Waals surface area (Å²) >= 11 is 11.8. The van der Waals surface area contributed by atoms with Gasteiger partial charge in [-0.2, -0.15) is 0 Å². The van der Waals surface area contributed by atoms with Crippen LogP contribution in [0.1, 0.15) is 25.7 Å². The molecule has 0 radical (unpaired) electrons. The topological polar surface area (TPSA) is 72.2 Å². The minimum Gasteiger partial charge on any atom is -0.369 e. The third kappa shape index (κ3) is 3.64. The molecule has 1 aromatic rings. The van der Waals surface area contributed by atoms with Crippen molar-refractivity contribution in [2.24, 2.45) is 17.6 Å². The number of nitrogens with one attached hydrogen (secondary N) is 1. The second kappa shape index (κ2) is 6.46. The highest BCUT2D eigenvalue weighted by atomic mass is 35.5. The maximum absolute atomic E-state index is 12.3. The number of nitrogens with two attached hydrogens (primary N) is 1. The predicted molar refractivity (Wildman–Crippen MR) is 79.7 cm³/mol. The van der Waals surface area contributed by atoms with Crippen LogP contribution >= 0.6 is 23.2 Å². The van der Waals surface area contributed by atoms with Gasteiger partial charge in [-0.15, -0.1) is 0 Å². The summed E-state index contributed by atoms with van der Waals surface area (Å²) in [6.45, 7) is 0. The maximum Gasteiger partial charge on any atom is 0.228 e. The van der Waals surface area contributed by atoms with Crippen molar-refractivity contribution in [3.63, 3.8) is 0 Å². The minimum atomic E-state index is -0.408. The van der Waals surface area contributed by atoms with Crippen molar-refractivity contribution in [3.05, 3.63) is 28.2 Å². The standard InChI is InChI=1S/C14H16Cl2N2O2/c15-8-5-9(16)7-10(6-8)18-14(20)12-4-2-1-3-11(12)13(17)19/h5-7,11-12H,1-4H2,(H2,17,19)(H,18,20)/t11-,12+/m1/s1. The molecule has 0 bridgehead atoms. The summed E-state index contributed by atoms with van der Waals surface area (Å²) in [6.07, 6.45) is 3.20. The Hall–Kier alpha value is -1.26. The molecule has 108 valence electrons. The van der Waals surface area contributed by atoms with E-state index in [9.17, 15) is 9.59 Å². The van der Waals surface area contributed by atoms with Crippen molar-refractivity contribution in [2.75, 3.05) is 5.32 Å². The predicted octanol–water partition coefficient (Wildman–Crippen LogP) is 3.22. The quantitative estimate of drug-likeness (QED) is 0.899. The molecule has 1 fully saturated rings. The lowest BCUT2D eigenvalue weighted by Crippen LogP contribution is -2.39. The van der Waals surface area contributed by atoms with Crippen LogP contribution in [0.25, 0.3) is 0 Å². The van der Waals surface area contributed by atoms with E-state index in [-0.39, 0.29) is 11.8 Å². The Balaban J connectivity index is 2.11. The number of hydrogen-bond acceptors (Lipinski definition) is 2. The van der Waals surface area contributed by atoms with Crippen molar-refractivity contribution < 1.29 is 9.59 Å². The highest BCUT2D eigenvalue weighted by Gasteiger charge is 2.34. The normalized spacial score (nSPS) is 22.3. The first-order valence-electron chi connectivity index (χ1n) is 6.53. The van der Waals surface area contributed by atoms with Gasteiger partial charge in [0.1, 0.15) is 0 Å². The molecule has 4 nitrogen and oxygen atoms in total. The molecule has 0 spiro atoms.